The number of hydrogen-bond donors (Lipinski definition) is 1. The van der Waals surface area contributed by atoms with Gasteiger partial charge in [-0.15, -0.1) is 23.2 Å². The average molecular weight is 636 g/mol. The number of rotatable bonds is 5. The van der Waals surface area contributed by atoms with Crippen LogP contribution < -0.4 is 9.64 Å². The normalized spacial score (nSPS) is 32.1. The summed E-state index contributed by atoms with van der Waals surface area (Å²) in [6.07, 6.45) is 2.43. The first kappa shape index (κ1) is 29.0. The van der Waals surface area contributed by atoms with Gasteiger partial charge in [-0.2, -0.15) is 0 Å². The van der Waals surface area contributed by atoms with E-state index in [4.69, 9.17) is 39.5 Å². The monoisotopic (exact) mass is 634 g/mol. The Hall–Kier alpha value is -3.14. The van der Waals surface area contributed by atoms with E-state index in [1.807, 2.05) is 13.0 Å². The highest BCUT2D eigenvalue weighted by Gasteiger charge is 2.76. The number of allylic oxidation sites excluding steroid dienone is 2. The number of carbonyl (C=O) groups is 4. The maximum Gasteiger partial charge on any atom is 0.258 e. The van der Waals surface area contributed by atoms with Crippen LogP contribution in [0.3, 0.4) is 0 Å². The standard InChI is InChI=1S/C30H26Cl3FN2O6/c1-3-10-35-25(38)18-9-8-17-19(22(18)26(35)39)13-29(32)27(40)36(16-6-4-15(34)5-7-16)28(41)30(29,33)23(17)14-11-20(31)24(37)21(12-14)42-2/h4-8,11-12,18-19,22-23,37H,3,9-10,13H2,1-2H3. The zero-order valence-corrected chi connectivity index (χ0v) is 24.8. The van der Waals surface area contributed by atoms with Crippen LogP contribution in [0.25, 0.3) is 0 Å². The van der Waals surface area contributed by atoms with E-state index < -0.39 is 51.1 Å². The van der Waals surface area contributed by atoms with Crippen LogP contribution in [0.5, 0.6) is 11.5 Å². The second-order valence-corrected chi connectivity index (χ2v) is 12.8. The van der Waals surface area contributed by atoms with Crippen molar-refractivity contribution in [2.75, 3.05) is 18.6 Å². The summed E-state index contributed by atoms with van der Waals surface area (Å²) in [7, 11) is 1.33. The maximum absolute atomic E-state index is 14.3. The second-order valence-electron chi connectivity index (χ2n) is 11.1. The molecule has 0 radical (unpaired) electrons. The lowest BCUT2D eigenvalue weighted by atomic mass is 9.56. The van der Waals surface area contributed by atoms with Crippen molar-refractivity contribution in [1.82, 2.24) is 4.90 Å². The first-order chi connectivity index (χ1) is 19.9. The van der Waals surface area contributed by atoms with Gasteiger partial charge in [-0.3, -0.25) is 24.1 Å². The maximum atomic E-state index is 14.3. The Labute approximate surface area is 255 Å². The molecular formula is C30H26Cl3FN2O6. The van der Waals surface area contributed by atoms with Crippen molar-refractivity contribution < 1.29 is 33.4 Å². The molecular weight excluding hydrogens is 610 g/mol. The highest BCUT2D eigenvalue weighted by molar-refractivity contribution is 6.58. The number of hydrogen-bond acceptors (Lipinski definition) is 6. The fourth-order valence-electron chi connectivity index (χ4n) is 7.20. The third-order valence-corrected chi connectivity index (χ3v) is 10.7. The van der Waals surface area contributed by atoms with Gasteiger partial charge in [0.1, 0.15) is 5.82 Å². The number of amides is 4. The van der Waals surface area contributed by atoms with Crippen molar-refractivity contribution >= 4 is 64.1 Å². The summed E-state index contributed by atoms with van der Waals surface area (Å²) in [4.78, 5) is 53.4. The fraction of sp³-hybridized carbons (Fsp3) is 0.400. The molecule has 2 aromatic carbocycles. The molecule has 3 fully saturated rings. The van der Waals surface area contributed by atoms with Gasteiger partial charge in [0.25, 0.3) is 11.8 Å². The molecule has 2 saturated heterocycles. The summed E-state index contributed by atoms with van der Waals surface area (Å²) in [5.41, 5.74) is 0.985. The van der Waals surface area contributed by atoms with Gasteiger partial charge in [0, 0.05) is 12.5 Å². The predicted molar refractivity (Wildman–Crippen MR) is 153 cm³/mol. The number of carbonyl (C=O) groups excluding carboxylic acids is 4. The molecule has 4 amide bonds. The van der Waals surface area contributed by atoms with Crippen LogP contribution in [-0.2, 0) is 19.2 Å². The minimum atomic E-state index is -2.12. The Morgan fingerprint density at radius 2 is 1.74 bits per heavy atom. The molecule has 42 heavy (non-hydrogen) atoms. The van der Waals surface area contributed by atoms with E-state index in [0.29, 0.717) is 17.6 Å². The van der Waals surface area contributed by atoms with Crippen molar-refractivity contribution in [3.63, 3.8) is 0 Å². The third-order valence-electron chi connectivity index (χ3n) is 9.04. The van der Waals surface area contributed by atoms with Gasteiger partial charge in [-0.1, -0.05) is 30.2 Å². The number of imide groups is 2. The third kappa shape index (κ3) is 3.72. The quantitative estimate of drug-likeness (QED) is 0.276. The zero-order valence-electron chi connectivity index (χ0n) is 22.6. The molecule has 0 spiro atoms. The number of anilines is 1. The number of benzene rings is 2. The molecule has 2 aromatic rings. The molecule has 0 bridgehead atoms. The Bertz CT molecular complexity index is 1580. The second kappa shape index (κ2) is 9.96. The molecule has 8 nitrogen and oxygen atoms in total. The van der Waals surface area contributed by atoms with E-state index in [0.717, 1.165) is 17.0 Å². The van der Waals surface area contributed by atoms with Gasteiger partial charge in [0.05, 0.1) is 29.7 Å². The van der Waals surface area contributed by atoms with Crippen molar-refractivity contribution in [2.24, 2.45) is 17.8 Å². The number of alkyl halides is 2. The first-order valence-corrected chi connectivity index (χ1v) is 14.7. The molecule has 0 aromatic heterocycles. The summed E-state index contributed by atoms with van der Waals surface area (Å²) in [5.74, 6) is -6.42. The number of phenolic OH excluding ortho intramolecular Hbond substituents is 1. The Kier molecular flexibility index (Phi) is 6.87. The van der Waals surface area contributed by atoms with E-state index in [1.54, 1.807) is 0 Å². The average Bonchev–Trinajstić information content (AvgIpc) is 3.29. The minimum Gasteiger partial charge on any atom is -0.503 e. The highest BCUT2D eigenvalue weighted by Crippen LogP contribution is 2.66. The van der Waals surface area contributed by atoms with Gasteiger partial charge in [0.2, 0.25) is 11.8 Å². The van der Waals surface area contributed by atoms with Gasteiger partial charge < -0.3 is 9.84 Å². The van der Waals surface area contributed by atoms with Crippen molar-refractivity contribution in [3.8, 4) is 11.5 Å². The van der Waals surface area contributed by atoms with Crippen LogP contribution in [0, 0.1) is 23.6 Å². The van der Waals surface area contributed by atoms with Gasteiger partial charge in [-0.05, 0) is 67.1 Å². The molecule has 2 aliphatic heterocycles. The number of methoxy groups -OCH3 is 1. The lowest BCUT2D eigenvalue weighted by Crippen LogP contribution is -2.60. The number of halogens is 4. The lowest BCUT2D eigenvalue weighted by molar-refractivity contribution is -0.140. The van der Waals surface area contributed by atoms with Crippen LogP contribution in [0.1, 0.15) is 37.7 Å². The number of aromatic hydroxyl groups is 1. The minimum absolute atomic E-state index is 0.00255. The van der Waals surface area contributed by atoms with Gasteiger partial charge in [-0.25, -0.2) is 9.29 Å². The molecule has 220 valence electrons. The summed E-state index contributed by atoms with van der Waals surface area (Å²) in [5, 5.41) is 10.4. The lowest BCUT2D eigenvalue weighted by Gasteiger charge is -2.50. The number of nitrogens with zero attached hydrogens (tertiary/aromatic N) is 2. The molecule has 1 N–H and O–H groups in total. The Morgan fingerprint density at radius 1 is 1.05 bits per heavy atom. The molecule has 4 aliphatic rings. The van der Waals surface area contributed by atoms with Crippen LogP contribution in [0.2, 0.25) is 5.02 Å². The topological polar surface area (TPSA) is 104 Å². The van der Waals surface area contributed by atoms with Crippen LogP contribution in [0.15, 0.2) is 48.0 Å². The Balaban J connectivity index is 1.58. The van der Waals surface area contributed by atoms with Crippen LogP contribution in [0.4, 0.5) is 10.1 Å². The molecule has 1 saturated carbocycles. The Morgan fingerprint density at radius 3 is 2.38 bits per heavy atom. The molecule has 2 aliphatic carbocycles. The fourth-order valence-corrected chi connectivity index (χ4v) is 8.35. The van der Waals surface area contributed by atoms with Gasteiger partial charge >= 0.3 is 0 Å². The summed E-state index contributed by atoms with van der Waals surface area (Å²) >= 11 is 21.0. The molecule has 6 atom stereocenters. The van der Waals surface area contributed by atoms with E-state index in [9.17, 15) is 28.7 Å². The van der Waals surface area contributed by atoms with E-state index in [-0.39, 0.29) is 53.4 Å². The first-order valence-electron chi connectivity index (χ1n) is 13.5. The van der Waals surface area contributed by atoms with E-state index in [1.165, 1.54) is 36.3 Å². The molecule has 6 rings (SSSR count). The van der Waals surface area contributed by atoms with Gasteiger partial charge in [0.15, 0.2) is 21.2 Å². The molecule has 12 heteroatoms. The molecule has 2 heterocycles. The SMILES string of the molecule is CCCN1C(=O)C2CC=C3C(CC4(Cl)C(=O)N(c5ccc(F)cc5)C(=O)C4(Cl)C3c3cc(Cl)c(O)c(OC)c3)C2C1=O. The van der Waals surface area contributed by atoms with Crippen LogP contribution in [-0.4, -0.2) is 57.0 Å². The number of fused-ring (bicyclic) bond motifs is 4. The summed E-state index contributed by atoms with van der Waals surface area (Å²) in [6.45, 7) is 2.13. The zero-order chi connectivity index (χ0) is 30.3. The van der Waals surface area contributed by atoms with Crippen molar-refractivity contribution in [1.29, 1.82) is 0 Å². The smallest absolute Gasteiger partial charge is 0.258 e. The summed E-state index contributed by atoms with van der Waals surface area (Å²) < 4.78 is 19.1. The number of phenols is 1. The van der Waals surface area contributed by atoms with Crippen molar-refractivity contribution in [3.05, 3.63) is 64.5 Å². The summed E-state index contributed by atoms with van der Waals surface area (Å²) in [6, 6.07) is 7.67. The largest absolute Gasteiger partial charge is 0.503 e. The number of ether oxygens (including phenoxy) is 1. The molecule has 6 unspecified atom stereocenters. The number of likely N-dealkylation sites (tertiary alicyclic amines) is 1. The predicted octanol–water partition coefficient (Wildman–Crippen LogP) is 5.17. The van der Waals surface area contributed by atoms with E-state index in [2.05, 4.69) is 0 Å². The van der Waals surface area contributed by atoms with E-state index >= 15 is 0 Å². The van der Waals surface area contributed by atoms with Crippen molar-refractivity contribution in [2.45, 2.75) is 41.9 Å². The highest BCUT2D eigenvalue weighted by atomic mass is 35.5. The van der Waals surface area contributed by atoms with Crippen LogP contribution >= 0.6 is 34.8 Å².